The Morgan fingerprint density at radius 1 is 1.47 bits per heavy atom. The predicted molar refractivity (Wildman–Crippen MR) is 76.3 cm³/mol. The molecule has 1 heterocycles. The van der Waals surface area contributed by atoms with Crippen molar-refractivity contribution < 1.29 is 0 Å². The number of guanidine groups is 1. The van der Waals surface area contributed by atoms with Gasteiger partial charge in [0.15, 0.2) is 5.96 Å². The van der Waals surface area contributed by atoms with Crippen molar-refractivity contribution in [3.05, 3.63) is 15.6 Å². The monoisotopic (exact) mass is 340 g/mol. The minimum Gasteiger partial charge on any atom is -0.359 e. The largest absolute Gasteiger partial charge is 0.359 e. The highest BCUT2D eigenvalue weighted by molar-refractivity contribution is 14.0. The number of hydrogen-bond acceptors (Lipinski definition) is 3. The first-order valence-corrected chi connectivity index (χ1v) is 5.30. The number of halogens is 1. The van der Waals surface area contributed by atoms with Gasteiger partial charge in [-0.25, -0.2) is 4.98 Å². The van der Waals surface area contributed by atoms with Crippen molar-refractivity contribution in [2.75, 3.05) is 14.1 Å². The van der Waals surface area contributed by atoms with Crippen molar-refractivity contribution in [1.82, 2.24) is 15.6 Å². The molecule has 0 fully saturated rings. The van der Waals surface area contributed by atoms with Crippen LogP contribution in [-0.2, 0) is 6.54 Å². The van der Waals surface area contributed by atoms with E-state index >= 15 is 0 Å². The fraction of sp³-hybridized carbons (Fsp3) is 0.556. The predicted octanol–water partition coefficient (Wildman–Crippen LogP) is 1.67. The Bertz CT molecular complexity index is 315. The van der Waals surface area contributed by atoms with E-state index in [1.54, 1.807) is 18.4 Å². The van der Waals surface area contributed by atoms with E-state index in [0.717, 1.165) is 23.2 Å². The first-order chi connectivity index (χ1) is 6.67. The summed E-state index contributed by atoms with van der Waals surface area (Å²) in [6.45, 7) is 4.85. The van der Waals surface area contributed by atoms with E-state index in [1.807, 2.05) is 14.0 Å². The Labute approximate surface area is 112 Å². The molecule has 0 aliphatic carbocycles. The highest BCUT2D eigenvalue weighted by Gasteiger charge is 2.03. The lowest BCUT2D eigenvalue weighted by atomic mass is 10.4. The van der Waals surface area contributed by atoms with E-state index in [1.165, 1.54) is 4.88 Å². The summed E-state index contributed by atoms with van der Waals surface area (Å²) in [6, 6.07) is 0. The number of nitrogens with zero attached hydrogens (tertiary/aromatic N) is 2. The van der Waals surface area contributed by atoms with Crippen molar-refractivity contribution in [2.24, 2.45) is 4.99 Å². The van der Waals surface area contributed by atoms with Crippen LogP contribution in [0.4, 0.5) is 0 Å². The van der Waals surface area contributed by atoms with Crippen LogP contribution >= 0.6 is 35.3 Å². The van der Waals surface area contributed by atoms with Crippen molar-refractivity contribution in [1.29, 1.82) is 0 Å². The molecule has 86 valence electrons. The summed E-state index contributed by atoms with van der Waals surface area (Å²) in [5, 5.41) is 7.22. The smallest absolute Gasteiger partial charge is 0.191 e. The molecule has 0 aromatic carbocycles. The van der Waals surface area contributed by atoms with E-state index in [0.29, 0.717) is 0 Å². The van der Waals surface area contributed by atoms with Crippen LogP contribution in [-0.4, -0.2) is 25.0 Å². The lowest BCUT2D eigenvalue weighted by Crippen LogP contribution is -2.33. The molecule has 15 heavy (non-hydrogen) atoms. The minimum atomic E-state index is 0. The van der Waals surface area contributed by atoms with Gasteiger partial charge in [0, 0.05) is 19.0 Å². The molecule has 0 unspecified atom stereocenters. The average molecular weight is 340 g/mol. The molecule has 0 radical (unpaired) electrons. The Kier molecular flexibility index (Phi) is 6.82. The summed E-state index contributed by atoms with van der Waals surface area (Å²) in [5.41, 5.74) is 1.12. The number of aromatic nitrogens is 1. The molecule has 0 saturated carbocycles. The van der Waals surface area contributed by atoms with Crippen LogP contribution in [0, 0.1) is 13.8 Å². The zero-order chi connectivity index (χ0) is 10.6. The lowest BCUT2D eigenvalue weighted by molar-refractivity contribution is 0.853. The van der Waals surface area contributed by atoms with Gasteiger partial charge in [0.25, 0.3) is 0 Å². The average Bonchev–Trinajstić information content (AvgIpc) is 2.48. The topological polar surface area (TPSA) is 49.3 Å². The van der Waals surface area contributed by atoms with Crippen molar-refractivity contribution in [2.45, 2.75) is 20.4 Å². The molecule has 0 bridgehead atoms. The van der Waals surface area contributed by atoms with Crippen molar-refractivity contribution in [3.8, 4) is 0 Å². The molecule has 0 spiro atoms. The quantitative estimate of drug-likeness (QED) is 0.489. The molecule has 1 rings (SSSR count). The summed E-state index contributed by atoms with van der Waals surface area (Å²) in [7, 11) is 3.59. The van der Waals surface area contributed by atoms with Gasteiger partial charge in [-0.15, -0.1) is 35.3 Å². The molecule has 1 aromatic heterocycles. The van der Waals surface area contributed by atoms with E-state index in [4.69, 9.17) is 0 Å². The van der Waals surface area contributed by atoms with Crippen LogP contribution in [0.25, 0.3) is 0 Å². The number of aliphatic imine (C=N–C) groups is 1. The van der Waals surface area contributed by atoms with E-state index < -0.39 is 0 Å². The van der Waals surface area contributed by atoms with Gasteiger partial charge in [0.1, 0.15) is 5.01 Å². The maximum atomic E-state index is 4.42. The van der Waals surface area contributed by atoms with Gasteiger partial charge in [-0.05, 0) is 13.8 Å². The normalized spacial score (nSPS) is 10.8. The number of hydrogen-bond donors (Lipinski definition) is 2. The third kappa shape index (κ3) is 4.33. The lowest BCUT2D eigenvalue weighted by Gasteiger charge is -2.05. The zero-order valence-corrected chi connectivity index (χ0v) is 12.6. The second kappa shape index (κ2) is 7.00. The molecule has 1 aromatic rings. The zero-order valence-electron chi connectivity index (χ0n) is 9.42. The molecular formula is C9H17IN4S. The molecule has 0 aliphatic heterocycles. The molecule has 0 amide bonds. The molecule has 2 N–H and O–H groups in total. The fourth-order valence-electron chi connectivity index (χ4n) is 1.05. The Balaban J connectivity index is 0.00000196. The first kappa shape index (κ1) is 14.6. The second-order valence-electron chi connectivity index (χ2n) is 2.92. The van der Waals surface area contributed by atoms with Crippen molar-refractivity contribution >= 4 is 41.3 Å². The standard InChI is InChI=1S/C9H16N4S.HI/c1-6-7(2)14-8(13-6)5-12-9(10-3)11-4;/h5H2,1-4H3,(H2,10,11,12);1H. The van der Waals surface area contributed by atoms with E-state index in [2.05, 4.69) is 27.5 Å². The van der Waals surface area contributed by atoms with Crippen LogP contribution < -0.4 is 10.6 Å². The van der Waals surface area contributed by atoms with E-state index in [-0.39, 0.29) is 24.0 Å². The highest BCUT2D eigenvalue weighted by Crippen LogP contribution is 2.15. The molecular weight excluding hydrogens is 323 g/mol. The minimum absolute atomic E-state index is 0. The second-order valence-corrected chi connectivity index (χ2v) is 4.21. The maximum absolute atomic E-state index is 4.42. The highest BCUT2D eigenvalue weighted by atomic mass is 127. The summed E-state index contributed by atoms with van der Waals surface area (Å²) in [5.74, 6) is 0.788. The third-order valence-electron chi connectivity index (χ3n) is 1.94. The van der Waals surface area contributed by atoms with Gasteiger partial charge in [0.05, 0.1) is 12.2 Å². The van der Waals surface area contributed by atoms with Crippen LogP contribution in [0.5, 0.6) is 0 Å². The maximum Gasteiger partial charge on any atom is 0.191 e. The van der Waals surface area contributed by atoms with E-state index in [9.17, 15) is 0 Å². The molecule has 0 saturated heterocycles. The van der Waals surface area contributed by atoms with Crippen molar-refractivity contribution in [3.63, 3.8) is 0 Å². The molecule has 6 heteroatoms. The van der Waals surface area contributed by atoms with Gasteiger partial charge in [-0.1, -0.05) is 0 Å². The fourth-order valence-corrected chi connectivity index (χ4v) is 1.93. The SMILES string of the molecule is CN=C(NC)NCc1nc(C)c(C)s1.I. The Hall–Kier alpha value is -0.370. The van der Waals surface area contributed by atoms with Gasteiger partial charge < -0.3 is 10.6 Å². The van der Waals surface area contributed by atoms with Gasteiger partial charge >= 0.3 is 0 Å². The molecule has 4 nitrogen and oxygen atoms in total. The first-order valence-electron chi connectivity index (χ1n) is 4.48. The number of thiazole rings is 1. The van der Waals surface area contributed by atoms with Gasteiger partial charge in [-0.2, -0.15) is 0 Å². The number of aryl methyl sites for hydroxylation is 2. The van der Waals surface area contributed by atoms with Crippen LogP contribution in [0.3, 0.4) is 0 Å². The van der Waals surface area contributed by atoms with Gasteiger partial charge in [0.2, 0.25) is 0 Å². The summed E-state index contributed by atoms with van der Waals surface area (Å²) >= 11 is 1.72. The summed E-state index contributed by atoms with van der Waals surface area (Å²) in [4.78, 5) is 9.73. The summed E-state index contributed by atoms with van der Waals surface area (Å²) < 4.78 is 0. The molecule has 0 atom stereocenters. The Morgan fingerprint density at radius 3 is 2.53 bits per heavy atom. The Morgan fingerprint density at radius 2 is 2.13 bits per heavy atom. The number of rotatable bonds is 2. The third-order valence-corrected chi connectivity index (χ3v) is 3.01. The summed E-state index contributed by atoms with van der Waals surface area (Å²) in [6.07, 6.45) is 0. The van der Waals surface area contributed by atoms with Crippen LogP contribution in [0.15, 0.2) is 4.99 Å². The van der Waals surface area contributed by atoms with Crippen LogP contribution in [0.1, 0.15) is 15.6 Å². The van der Waals surface area contributed by atoms with Crippen LogP contribution in [0.2, 0.25) is 0 Å². The molecule has 0 aliphatic rings. The van der Waals surface area contributed by atoms with Gasteiger partial charge in [-0.3, -0.25) is 4.99 Å². The number of nitrogens with one attached hydrogen (secondary N) is 2.